The summed E-state index contributed by atoms with van der Waals surface area (Å²) < 4.78 is 16.0. The second-order valence-electron chi connectivity index (χ2n) is 6.63. The monoisotopic (exact) mass is 372 g/mol. The van der Waals surface area contributed by atoms with E-state index in [1.807, 2.05) is 36.4 Å². The predicted molar refractivity (Wildman–Crippen MR) is 106 cm³/mol. The Hall–Kier alpha value is -2.44. The third-order valence-electron chi connectivity index (χ3n) is 4.78. The van der Waals surface area contributed by atoms with Crippen molar-refractivity contribution in [3.8, 4) is 17.2 Å². The first-order valence-corrected chi connectivity index (χ1v) is 9.24. The van der Waals surface area contributed by atoms with E-state index in [0.717, 1.165) is 43.4 Å². The maximum Gasteiger partial charge on any atom is 0.119 e. The lowest BCUT2D eigenvalue weighted by Gasteiger charge is -2.36. The molecule has 2 aromatic carbocycles. The Labute approximate surface area is 160 Å². The molecule has 146 valence electrons. The van der Waals surface area contributed by atoms with Crippen LogP contribution in [0.1, 0.15) is 0 Å². The van der Waals surface area contributed by atoms with Crippen molar-refractivity contribution >= 4 is 5.69 Å². The minimum atomic E-state index is -0.514. The maximum absolute atomic E-state index is 10.3. The van der Waals surface area contributed by atoms with Crippen LogP contribution in [-0.4, -0.2) is 69.7 Å². The fourth-order valence-corrected chi connectivity index (χ4v) is 3.20. The summed E-state index contributed by atoms with van der Waals surface area (Å²) in [6.45, 7) is 4.63. The number of methoxy groups -OCH3 is 2. The molecule has 1 heterocycles. The van der Waals surface area contributed by atoms with Gasteiger partial charge >= 0.3 is 0 Å². The first kappa shape index (κ1) is 19.3. The summed E-state index contributed by atoms with van der Waals surface area (Å²) in [4.78, 5) is 4.64. The fourth-order valence-electron chi connectivity index (χ4n) is 3.20. The Kier molecular flexibility index (Phi) is 6.79. The second-order valence-corrected chi connectivity index (χ2v) is 6.63. The number of hydrogen-bond donors (Lipinski definition) is 1. The van der Waals surface area contributed by atoms with Crippen LogP contribution in [0.3, 0.4) is 0 Å². The molecule has 1 N–H and O–H groups in total. The number of aliphatic hydroxyl groups excluding tert-OH is 1. The number of hydrogen-bond acceptors (Lipinski definition) is 6. The van der Waals surface area contributed by atoms with Gasteiger partial charge in [0.15, 0.2) is 0 Å². The third kappa shape index (κ3) is 5.52. The summed E-state index contributed by atoms with van der Waals surface area (Å²) in [6.07, 6.45) is -0.514. The summed E-state index contributed by atoms with van der Waals surface area (Å²) in [6, 6.07) is 15.5. The van der Waals surface area contributed by atoms with Gasteiger partial charge in [-0.15, -0.1) is 0 Å². The van der Waals surface area contributed by atoms with Gasteiger partial charge in [-0.1, -0.05) is 0 Å². The van der Waals surface area contributed by atoms with E-state index in [4.69, 9.17) is 14.2 Å². The Morgan fingerprint density at radius 3 is 1.89 bits per heavy atom. The minimum absolute atomic E-state index is 0.283. The van der Waals surface area contributed by atoms with E-state index in [2.05, 4.69) is 21.9 Å². The number of nitrogens with zero attached hydrogens (tertiary/aromatic N) is 2. The van der Waals surface area contributed by atoms with Crippen LogP contribution >= 0.6 is 0 Å². The zero-order valence-electron chi connectivity index (χ0n) is 16.0. The molecule has 0 unspecified atom stereocenters. The molecule has 0 saturated carbocycles. The molecule has 2 aromatic rings. The van der Waals surface area contributed by atoms with E-state index in [0.29, 0.717) is 6.54 Å². The van der Waals surface area contributed by atoms with Crippen molar-refractivity contribution in [2.24, 2.45) is 0 Å². The summed E-state index contributed by atoms with van der Waals surface area (Å²) >= 11 is 0. The Balaban J connectivity index is 1.40. The van der Waals surface area contributed by atoms with Gasteiger partial charge in [0.05, 0.1) is 14.2 Å². The van der Waals surface area contributed by atoms with Crippen LogP contribution in [0.5, 0.6) is 17.2 Å². The molecule has 1 atom stereocenters. The van der Waals surface area contributed by atoms with Crippen molar-refractivity contribution < 1.29 is 19.3 Å². The van der Waals surface area contributed by atoms with Gasteiger partial charge in [-0.3, -0.25) is 4.90 Å². The summed E-state index contributed by atoms with van der Waals surface area (Å²) in [5.74, 6) is 2.40. The number of ether oxygens (including phenoxy) is 3. The Morgan fingerprint density at radius 2 is 1.33 bits per heavy atom. The Bertz CT molecular complexity index is 682. The van der Waals surface area contributed by atoms with Crippen LogP contribution in [0, 0.1) is 0 Å². The van der Waals surface area contributed by atoms with Crippen molar-refractivity contribution in [1.82, 2.24) is 4.90 Å². The van der Waals surface area contributed by atoms with Crippen LogP contribution in [0.2, 0.25) is 0 Å². The van der Waals surface area contributed by atoms with Crippen LogP contribution < -0.4 is 19.1 Å². The van der Waals surface area contributed by atoms with E-state index in [9.17, 15) is 5.11 Å². The molecule has 6 nitrogen and oxygen atoms in total. The zero-order valence-corrected chi connectivity index (χ0v) is 16.0. The zero-order chi connectivity index (χ0) is 19.1. The number of benzene rings is 2. The van der Waals surface area contributed by atoms with Gasteiger partial charge in [0.25, 0.3) is 0 Å². The third-order valence-corrected chi connectivity index (χ3v) is 4.78. The highest BCUT2D eigenvalue weighted by atomic mass is 16.5. The van der Waals surface area contributed by atoms with Crippen molar-refractivity contribution in [1.29, 1.82) is 0 Å². The number of aliphatic hydroxyl groups is 1. The molecule has 0 bridgehead atoms. The molecule has 1 aliphatic rings. The average Bonchev–Trinajstić information content (AvgIpc) is 2.73. The van der Waals surface area contributed by atoms with E-state index in [1.54, 1.807) is 14.2 Å². The lowest BCUT2D eigenvalue weighted by molar-refractivity contribution is 0.0663. The van der Waals surface area contributed by atoms with Crippen LogP contribution in [-0.2, 0) is 0 Å². The molecule has 3 rings (SSSR count). The van der Waals surface area contributed by atoms with E-state index >= 15 is 0 Å². The molecule has 0 aliphatic carbocycles. The maximum atomic E-state index is 10.3. The first-order valence-electron chi connectivity index (χ1n) is 9.24. The number of piperazine rings is 1. The SMILES string of the molecule is COc1ccc(OC[C@@H](O)CN2CCN(c3ccc(OC)cc3)CC2)cc1. The molecule has 1 saturated heterocycles. The molecule has 0 spiro atoms. The van der Waals surface area contributed by atoms with Crippen LogP contribution in [0.25, 0.3) is 0 Å². The standard InChI is InChI=1S/C21H28N2O4/c1-25-19-5-3-17(4-6-19)23-13-11-22(12-14-23)15-18(24)16-27-21-9-7-20(26-2)8-10-21/h3-10,18,24H,11-16H2,1-2H3/t18-/m0/s1. The Morgan fingerprint density at radius 1 is 0.815 bits per heavy atom. The van der Waals surface area contributed by atoms with Gasteiger partial charge in [0.2, 0.25) is 0 Å². The highest BCUT2D eigenvalue weighted by Gasteiger charge is 2.19. The minimum Gasteiger partial charge on any atom is -0.497 e. The molecular weight excluding hydrogens is 344 g/mol. The van der Waals surface area contributed by atoms with Crippen molar-refractivity contribution in [2.75, 3.05) is 58.5 Å². The molecule has 27 heavy (non-hydrogen) atoms. The topological polar surface area (TPSA) is 54.4 Å². The lowest BCUT2D eigenvalue weighted by Crippen LogP contribution is -2.49. The van der Waals surface area contributed by atoms with Gasteiger partial charge in [0, 0.05) is 38.4 Å². The smallest absolute Gasteiger partial charge is 0.119 e. The van der Waals surface area contributed by atoms with Crippen molar-refractivity contribution in [3.63, 3.8) is 0 Å². The largest absolute Gasteiger partial charge is 0.497 e. The van der Waals surface area contributed by atoms with Gasteiger partial charge < -0.3 is 24.2 Å². The average molecular weight is 372 g/mol. The van der Waals surface area contributed by atoms with Gasteiger partial charge in [-0.25, -0.2) is 0 Å². The highest BCUT2D eigenvalue weighted by Crippen LogP contribution is 2.21. The van der Waals surface area contributed by atoms with Gasteiger partial charge in [-0.05, 0) is 48.5 Å². The van der Waals surface area contributed by atoms with Crippen LogP contribution in [0.4, 0.5) is 5.69 Å². The van der Waals surface area contributed by atoms with Crippen molar-refractivity contribution in [2.45, 2.75) is 6.10 Å². The summed E-state index contributed by atoms with van der Waals surface area (Å²) in [7, 11) is 3.31. The fraction of sp³-hybridized carbons (Fsp3) is 0.429. The molecule has 0 amide bonds. The van der Waals surface area contributed by atoms with Crippen molar-refractivity contribution in [3.05, 3.63) is 48.5 Å². The predicted octanol–water partition coefficient (Wildman–Crippen LogP) is 2.27. The van der Waals surface area contributed by atoms with Gasteiger partial charge in [-0.2, -0.15) is 0 Å². The molecule has 0 radical (unpaired) electrons. The van der Waals surface area contributed by atoms with Crippen LogP contribution in [0.15, 0.2) is 48.5 Å². The molecule has 1 fully saturated rings. The number of β-amino-alcohol motifs (C(OH)–C–C–N with tert-alkyl or cyclic N) is 1. The first-order chi connectivity index (χ1) is 13.2. The number of rotatable bonds is 8. The molecular formula is C21H28N2O4. The molecule has 0 aromatic heterocycles. The molecule has 1 aliphatic heterocycles. The quantitative estimate of drug-likeness (QED) is 0.767. The summed E-state index contributed by atoms with van der Waals surface area (Å²) in [5, 5.41) is 10.3. The number of anilines is 1. The lowest BCUT2D eigenvalue weighted by atomic mass is 10.2. The van der Waals surface area contributed by atoms with E-state index < -0.39 is 6.10 Å². The normalized spacial score (nSPS) is 16.0. The van der Waals surface area contributed by atoms with E-state index in [1.165, 1.54) is 5.69 Å². The molecule has 6 heteroatoms. The summed E-state index contributed by atoms with van der Waals surface area (Å²) in [5.41, 5.74) is 1.21. The second kappa shape index (κ2) is 9.48. The van der Waals surface area contributed by atoms with E-state index in [-0.39, 0.29) is 6.61 Å². The highest BCUT2D eigenvalue weighted by molar-refractivity contribution is 5.49. The van der Waals surface area contributed by atoms with Gasteiger partial charge in [0.1, 0.15) is 30.0 Å².